The minimum atomic E-state index is -4.17. The van der Waals surface area contributed by atoms with Crippen molar-refractivity contribution in [1.82, 2.24) is 4.90 Å². The van der Waals surface area contributed by atoms with Crippen LogP contribution in [0, 0.1) is 5.92 Å². The molecule has 0 atom stereocenters. The van der Waals surface area contributed by atoms with Crippen molar-refractivity contribution >= 4 is 11.6 Å². The quantitative estimate of drug-likeness (QED) is 0.648. The van der Waals surface area contributed by atoms with Crippen LogP contribution in [-0.4, -0.2) is 30.1 Å². The van der Waals surface area contributed by atoms with Crippen LogP contribution in [0.4, 0.5) is 18.9 Å². The second-order valence-electron chi connectivity index (χ2n) is 4.80. The van der Waals surface area contributed by atoms with Crippen molar-refractivity contribution in [3.63, 3.8) is 0 Å². The highest BCUT2D eigenvalue weighted by molar-refractivity contribution is 5.99. The summed E-state index contributed by atoms with van der Waals surface area (Å²) < 4.78 is 37.7. The summed E-state index contributed by atoms with van der Waals surface area (Å²) in [5.41, 5.74) is 3.26. The Morgan fingerprint density at radius 3 is 2.40 bits per heavy atom. The molecule has 2 rings (SSSR count). The topological polar surface area (TPSA) is 58.4 Å². The van der Waals surface area contributed by atoms with Gasteiger partial charge in [-0.3, -0.25) is 10.6 Å². The molecular weight excluding hydrogens is 271 g/mol. The number of anilines is 1. The van der Waals surface area contributed by atoms with Crippen molar-refractivity contribution in [2.45, 2.75) is 19.0 Å². The van der Waals surface area contributed by atoms with E-state index in [1.807, 2.05) is 0 Å². The molecule has 7 heteroatoms. The standard InChI is InChI=1S/C13H16F3N3O/c14-13(15,16)9-5-7-19(8-6-9)12(20)10-3-1-2-4-11(10)18-17/h1-4,9,18H,5-8,17H2. The summed E-state index contributed by atoms with van der Waals surface area (Å²) in [6.07, 6.45) is -4.27. The molecule has 0 aromatic heterocycles. The zero-order valence-electron chi connectivity index (χ0n) is 10.8. The van der Waals surface area contributed by atoms with Gasteiger partial charge in [-0.05, 0) is 25.0 Å². The largest absolute Gasteiger partial charge is 0.391 e. The minimum Gasteiger partial charge on any atom is -0.339 e. The molecule has 1 amide bonds. The number of hydrogen-bond acceptors (Lipinski definition) is 3. The Hall–Kier alpha value is -1.76. The predicted molar refractivity (Wildman–Crippen MR) is 68.9 cm³/mol. The molecule has 1 aromatic rings. The van der Waals surface area contributed by atoms with Gasteiger partial charge in [-0.1, -0.05) is 12.1 Å². The molecular formula is C13H16F3N3O. The van der Waals surface area contributed by atoms with Gasteiger partial charge in [0, 0.05) is 13.1 Å². The molecule has 1 saturated heterocycles. The van der Waals surface area contributed by atoms with Crippen LogP contribution in [0.25, 0.3) is 0 Å². The van der Waals surface area contributed by atoms with E-state index < -0.39 is 12.1 Å². The fourth-order valence-electron chi connectivity index (χ4n) is 2.38. The number of nitrogen functional groups attached to an aromatic ring is 1. The highest BCUT2D eigenvalue weighted by atomic mass is 19.4. The normalized spacial score (nSPS) is 17.1. The van der Waals surface area contributed by atoms with Crippen molar-refractivity contribution in [1.29, 1.82) is 0 Å². The van der Waals surface area contributed by atoms with Gasteiger partial charge in [-0.15, -0.1) is 0 Å². The number of hydrazine groups is 1. The van der Waals surface area contributed by atoms with Gasteiger partial charge in [-0.2, -0.15) is 13.2 Å². The molecule has 0 saturated carbocycles. The Balaban J connectivity index is 2.05. The summed E-state index contributed by atoms with van der Waals surface area (Å²) in [7, 11) is 0. The molecule has 20 heavy (non-hydrogen) atoms. The van der Waals surface area contributed by atoms with Gasteiger partial charge in [0.15, 0.2) is 0 Å². The van der Waals surface area contributed by atoms with Crippen LogP contribution in [-0.2, 0) is 0 Å². The number of benzene rings is 1. The average Bonchev–Trinajstić information content (AvgIpc) is 2.45. The van der Waals surface area contributed by atoms with Gasteiger partial charge in [0.25, 0.3) is 5.91 Å². The molecule has 1 heterocycles. The van der Waals surface area contributed by atoms with E-state index in [1.54, 1.807) is 24.3 Å². The summed E-state index contributed by atoms with van der Waals surface area (Å²) in [6, 6.07) is 6.67. The molecule has 1 fully saturated rings. The third kappa shape index (κ3) is 3.04. The predicted octanol–water partition coefficient (Wildman–Crippen LogP) is 2.39. The summed E-state index contributed by atoms with van der Waals surface area (Å²) in [6.45, 7) is 0.226. The lowest BCUT2D eigenvalue weighted by Gasteiger charge is -2.33. The lowest BCUT2D eigenvalue weighted by Crippen LogP contribution is -2.42. The maximum absolute atomic E-state index is 12.6. The van der Waals surface area contributed by atoms with E-state index in [1.165, 1.54) is 4.90 Å². The molecule has 1 aliphatic heterocycles. The maximum Gasteiger partial charge on any atom is 0.391 e. The molecule has 0 aliphatic carbocycles. The average molecular weight is 287 g/mol. The summed E-state index contributed by atoms with van der Waals surface area (Å²) in [4.78, 5) is 13.7. The van der Waals surface area contributed by atoms with Crippen LogP contribution >= 0.6 is 0 Å². The van der Waals surface area contributed by atoms with E-state index in [0.29, 0.717) is 11.3 Å². The molecule has 1 aromatic carbocycles. The lowest BCUT2D eigenvalue weighted by molar-refractivity contribution is -0.183. The molecule has 0 radical (unpaired) electrons. The SMILES string of the molecule is NNc1ccccc1C(=O)N1CCC(C(F)(F)F)CC1. The maximum atomic E-state index is 12.6. The highest BCUT2D eigenvalue weighted by Crippen LogP contribution is 2.34. The molecule has 0 unspecified atom stereocenters. The fraction of sp³-hybridized carbons (Fsp3) is 0.462. The van der Waals surface area contributed by atoms with E-state index in [9.17, 15) is 18.0 Å². The van der Waals surface area contributed by atoms with Crippen LogP contribution in [0.1, 0.15) is 23.2 Å². The molecule has 3 N–H and O–H groups in total. The number of carbonyl (C=O) groups excluding carboxylic acids is 1. The van der Waals surface area contributed by atoms with Crippen LogP contribution in [0.3, 0.4) is 0 Å². The molecule has 4 nitrogen and oxygen atoms in total. The van der Waals surface area contributed by atoms with E-state index in [4.69, 9.17) is 5.84 Å². The van der Waals surface area contributed by atoms with Crippen molar-refractivity contribution in [3.8, 4) is 0 Å². The van der Waals surface area contributed by atoms with Gasteiger partial charge in [0.1, 0.15) is 0 Å². The van der Waals surface area contributed by atoms with Gasteiger partial charge >= 0.3 is 6.18 Å². The number of carbonyl (C=O) groups is 1. The first-order chi connectivity index (χ1) is 9.43. The second kappa shape index (κ2) is 5.70. The third-order valence-corrected chi connectivity index (χ3v) is 3.56. The number of amides is 1. The van der Waals surface area contributed by atoms with Crippen molar-refractivity contribution in [2.24, 2.45) is 11.8 Å². The second-order valence-corrected chi connectivity index (χ2v) is 4.80. The summed E-state index contributed by atoms with van der Waals surface area (Å²) in [5.74, 6) is 3.72. The zero-order chi connectivity index (χ0) is 14.8. The number of nitrogens with two attached hydrogens (primary N) is 1. The Morgan fingerprint density at radius 1 is 1.25 bits per heavy atom. The number of para-hydroxylation sites is 1. The Kier molecular flexibility index (Phi) is 4.17. The Morgan fingerprint density at radius 2 is 1.85 bits per heavy atom. The first kappa shape index (κ1) is 14.6. The van der Waals surface area contributed by atoms with Gasteiger partial charge in [-0.25, -0.2) is 0 Å². The van der Waals surface area contributed by atoms with E-state index in [2.05, 4.69) is 5.43 Å². The Labute approximate surface area is 114 Å². The number of halogens is 3. The van der Waals surface area contributed by atoms with Crippen LogP contribution < -0.4 is 11.3 Å². The number of hydrogen-bond donors (Lipinski definition) is 2. The van der Waals surface area contributed by atoms with E-state index in [-0.39, 0.29) is 31.8 Å². The van der Waals surface area contributed by atoms with Crippen LogP contribution in [0.5, 0.6) is 0 Å². The number of alkyl halides is 3. The summed E-state index contributed by atoms with van der Waals surface area (Å²) in [5, 5.41) is 0. The minimum absolute atomic E-state index is 0.0482. The number of piperidine rings is 1. The van der Waals surface area contributed by atoms with Gasteiger partial charge < -0.3 is 10.3 Å². The fourth-order valence-corrected chi connectivity index (χ4v) is 2.38. The molecule has 1 aliphatic rings. The third-order valence-electron chi connectivity index (χ3n) is 3.56. The summed E-state index contributed by atoms with van der Waals surface area (Å²) >= 11 is 0. The number of nitrogens with zero attached hydrogens (tertiary/aromatic N) is 1. The molecule has 0 bridgehead atoms. The highest BCUT2D eigenvalue weighted by Gasteiger charge is 2.41. The van der Waals surface area contributed by atoms with E-state index in [0.717, 1.165) is 0 Å². The van der Waals surface area contributed by atoms with E-state index >= 15 is 0 Å². The van der Waals surface area contributed by atoms with Crippen molar-refractivity contribution in [2.75, 3.05) is 18.5 Å². The smallest absolute Gasteiger partial charge is 0.339 e. The number of likely N-dealkylation sites (tertiary alicyclic amines) is 1. The molecule has 110 valence electrons. The lowest BCUT2D eigenvalue weighted by atomic mass is 9.95. The van der Waals surface area contributed by atoms with Crippen LogP contribution in [0.2, 0.25) is 0 Å². The van der Waals surface area contributed by atoms with Crippen molar-refractivity contribution < 1.29 is 18.0 Å². The zero-order valence-corrected chi connectivity index (χ0v) is 10.8. The first-order valence-corrected chi connectivity index (χ1v) is 6.35. The number of nitrogens with one attached hydrogen (secondary N) is 1. The Bertz CT molecular complexity index is 482. The first-order valence-electron chi connectivity index (χ1n) is 6.35. The van der Waals surface area contributed by atoms with Crippen LogP contribution in [0.15, 0.2) is 24.3 Å². The monoisotopic (exact) mass is 287 g/mol. The van der Waals surface area contributed by atoms with Gasteiger partial charge in [0.05, 0.1) is 17.2 Å². The van der Waals surface area contributed by atoms with Crippen molar-refractivity contribution in [3.05, 3.63) is 29.8 Å². The van der Waals surface area contributed by atoms with Gasteiger partial charge in [0.2, 0.25) is 0 Å². The molecule has 0 spiro atoms. The number of rotatable bonds is 2.